The number of carboxylic acid groups (broad SMARTS) is 1. The van der Waals surface area contributed by atoms with Crippen molar-refractivity contribution in [3.63, 3.8) is 0 Å². The first-order valence-corrected chi connectivity index (χ1v) is 4.46. The monoisotopic (exact) mass is 464 g/mol. The van der Waals surface area contributed by atoms with E-state index in [1.54, 1.807) is 0 Å². The maximum atomic E-state index is 9.64. The molecule has 0 aromatic heterocycles. The van der Waals surface area contributed by atoms with E-state index in [1.807, 2.05) is 0 Å². The molecule has 0 aliphatic heterocycles. The smallest absolute Gasteiger partial charge is 0.307 e. The van der Waals surface area contributed by atoms with Gasteiger partial charge in [0.15, 0.2) is 0 Å². The number of rotatable bonds is 5. The van der Waals surface area contributed by atoms with Gasteiger partial charge in [-0.05, 0) is 0 Å². The summed E-state index contributed by atoms with van der Waals surface area (Å²) >= 11 is 0. The summed E-state index contributed by atoms with van der Waals surface area (Å²) in [7, 11) is 0. The van der Waals surface area contributed by atoms with Crippen LogP contribution in [0.1, 0.15) is 12.8 Å². The van der Waals surface area contributed by atoms with Gasteiger partial charge in [-0.15, -0.1) is 13.2 Å². The van der Waals surface area contributed by atoms with Crippen LogP contribution < -0.4 is 0 Å². The van der Waals surface area contributed by atoms with E-state index in [-0.39, 0.29) is 96.7 Å². The Morgan fingerprint density at radius 3 is 1.36 bits per heavy atom. The first kappa shape index (κ1) is 49.5. The fourth-order valence-electron chi connectivity index (χ4n) is 0.303. The van der Waals surface area contributed by atoms with Crippen LogP contribution in [0, 0.1) is 0 Å². The molecule has 124 valence electrons. The Morgan fingerprint density at radius 2 is 1.36 bits per heavy atom. The Hall–Kier alpha value is -0.302. The fraction of sp³-hybridized carbons (Fsp3) is 0.167. The van der Waals surface area contributed by atoms with Gasteiger partial charge in [0.1, 0.15) is 5.94 Å². The maximum absolute atomic E-state index is 9.64. The maximum Gasteiger partial charge on any atom is 0.307 e. The minimum absolute atomic E-state index is 0. The van der Waals surface area contributed by atoms with E-state index in [2.05, 4.69) is 19.7 Å². The van der Waals surface area contributed by atoms with Gasteiger partial charge in [-0.2, -0.15) is 0 Å². The summed E-state index contributed by atoms with van der Waals surface area (Å²) in [6, 6.07) is 0. The van der Waals surface area contributed by atoms with Crippen LogP contribution in [0.5, 0.6) is 0 Å². The van der Waals surface area contributed by atoms with Crippen molar-refractivity contribution in [2.24, 2.45) is 0 Å². The van der Waals surface area contributed by atoms with Crippen molar-refractivity contribution in [2.45, 2.75) is 12.8 Å². The molecule has 0 aromatic carbocycles. The van der Waals surface area contributed by atoms with E-state index in [1.165, 1.54) is 30.2 Å². The Labute approximate surface area is 182 Å². The predicted octanol–water partition coefficient (Wildman–Crippen LogP) is 4.49. The second-order valence-electron chi connectivity index (χ2n) is 2.32. The van der Waals surface area contributed by atoms with Crippen molar-refractivity contribution < 1.29 is 84.9 Å². The second kappa shape index (κ2) is 49.8. The van der Waals surface area contributed by atoms with Gasteiger partial charge in [0.25, 0.3) is 0 Å². The van der Waals surface area contributed by atoms with Crippen molar-refractivity contribution in [3.8, 4) is 0 Å². The van der Waals surface area contributed by atoms with Crippen molar-refractivity contribution in [3.05, 3.63) is 68.2 Å². The average molecular weight is 464 g/mol. The van der Waals surface area contributed by atoms with Crippen molar-refractivity contribution in [1.29, 1.82) is 0 Å². The number of hydrogen-bond donors (Lipinski definition) is 1. The molecule has 8 nitrogen and oxygen atoms in total. The summed E-state index contributed by atoms with van der Waals surface area (Å²) in [6.45, 7) is 9.71. The molecule has 0 rings (SSSR count). The summed E-state index contributed by atoms with van der Waals surface area (Å²) in [6.07, 6.45) is 5.57. The van der Waals surface area contributed by atoms with Crippen molar-refractivity contribution in [1.82, 2.24) is 0 Å². The zero-order valence-corrected chi connectivity index (χ0v) is 18.1. The molecule has 0 aliphatic rings. The van der Waals surface area contributed by atoms with Gasteiger partial charge in [-0.25, -0.2) is 4.79 Å². The molecule has 10 heteroatoms. The number of carbonyl (C=O) groups is 2. The van der Waals surface area contributed by atoms with E-state index >= 15 is 0 Å². The average Bonchev–Trinajstić information content (AvgIpc) is 2.20. The molecule has 1 amide bonds. The zero-order valence-electron chi connectivity index (χ0n) is 12.4. The molecular formula is C12H22N4O4Y2-4. The number of nitrogens with one attached hydrogen (secondary N) is 1. The molecule has 0 unspecified atom stereocenters. The van der Waals surface area contributed by atoms with E-state index < -0.39 is 11.9 Å². The molecular weight excluding hydrogens is 442 g/mol. The van der Waals surface area contributed by atoms with Crippen molar-refractivity contribution >= 4 is 17.8 Å². The molecule has 0 aromatic rings. The molecule has 8 N–H and O–H groups in total. The van der Waals surface area contributed by atoms with E-state index in [9.17, 15) is 9.59 Å². The number of carbonyl (C=O) groups excluding carboxylic acids is 2. The van der Waals surface area contributed by atoms with Gasteiger partial charge in [0, 0.05) is 77.9 Å². The molecule has 0 saturated carbocycles. The number of nitrogens with two attached hydrogens (primary N) is 3. The van der Waals surface area contributed by atoms with Crippen LogP contribution in [0.25, 0.3) is 24.2 Å². The number of aliphatic carboxylic acids is 1. The summed E-state index contributed by atoms with van der Waals surface area (Å²) in [5.41, 5.74) is 6.27. The third-order valence-corrected chi connectivity index (χ3v) is 0.835. The van der Waals surface area contributed by atoms with E-state index in [0.717, 1.165) is 0 Å². The zero-order chi connectivity index (χ0) is 14.1. The summed E-state index contributed by atoms with van der Waals surface area (Å²) in [5, 5.41) is 7.84. The number of allylic oxidation sites excluding steroid dienone is 2. The number of hydrogen-bond acceptors (Lipinski definition) is 3. The van der Waals surface area contributed by atoms with E-state index in [0.29, 0.717) is 0 Å². The predicted molar refractivity (Wildman–Crippen MR) is 82.9 cm³/mol. The minimum atomic E-state index is -0.829. The minimum Gasteiger partial charge on any atom is -0.693 e. The molecule has 0 heterocycles. The topological polar surface area (TPSA) is 196 Å². The Morgan fingerprint density at radius 1 is 1.00 bits per heavy atom. The third-order valence-electron chi connectivity index (χ3n) is 0.835. The molecule has 0 aliphatic carbocycles. The van der Waals surface area contributed by atoms with Gasteiger partial charge >= 0.3 is 5.97 Å². The summed E-state index contributed by atoms with van der Waals surface area (Å²) in [5.74, 6) is 0.117. The molecule has 0 atom stereocenters. The van der Waals surface area contributed by atoms with Crippen LogP contribution in [0.3, 0.4) is 0 Å². The molecule has 22 heavy (non-hydrogen) atoms. The first-order chi connectivity index (χ1) is 7.95. The Bertz CT molecular complexity index is 300. The SMILES string of the molecule is C=CC=C=O.C=CCC(=O)O.C=CCC([NH-])=O.[NH2-].[NH2-].[NH2-].[Y].[Y]. The number of carboxylic acids is 1. The van der Waals surface area contributed by atoms with Crippen LogP contribution in [0.15, 0.2) is 44.0 Å². The molecule has 0 spiro atoms. The van der Waals surface area contributed by atoms with Crippen LogP contribution in [0.4, 0.5) is 0 Å². The first-order valence-electron chi connectivity index (χ1n) is 4.46. The van der Waals surface area contributed by atoms with Gasteiger partial charge in [-0.3, -0.25) is 4.79 Å². The largest absolute Gasteiger partial charge is 0.693 e. The van der Waals surface area contributed by atoms with Gasteiger partial charge in [0.05, 0.1) is 12.3 Å². The van der Waals surface area contributed by atoms with Crippen LogP contribution >= 0.6 is 0 Å². The summed E-state index contributed by atoms with van der Waals surface area (Å²) < 4.78 is 0. The molecule has 0 saturated heterocycles. The molecule has 0 fully saturated rings. The fourth-order valence-corrected chi connectivity index (χ4v) is 0.303. The molecule has 0 bridgehead atoms. The molecule has 2 radical (unpaired) electrons. The van der Waals surface area contributed by atoms with Crippen molar-refractivity contribution in [2.75, 3.05) is 0 Å². The van der Waals surface area contributed by atoms with Crippen LogP contribution in [0.2, 0.25) is 0 Å². The van der Waals surface area contributed by atoms with Gasteiger partial charge in [0.2, 0.25) is 0 Å². The standard InChI is InChI=1S/C4H7NO.C4H6O2.C4H4O.3H2N.2Y/c2*1-2-3-4(5)6;1-2-3-4-5;;;;;/h2H,1,3H2,(H2,5,6);2H,1,3H2,(H,5,6);2-3H,1H2;3*1H2;;/q;;;3*-1;;/p-1. The quantitative estimate of drug-likeness (QED) is 0.355. The van der Waals surface area contributed by atoms with Gasteiger partial charge < -0.3 is 34.1 Å². The van der Waals surface area contributed by atoms with Crippen LogP contribution in [-0.2, 0) is 79.8 Å². The van der Waals surface area contributed by atoms with Gasteiger partial charge in [-0.1, -0.05) is 24.8 Å². The normalized spacial score (nSPS) is 5.09. The number of amides is 1. The second-order valence-corrected chi connectivity index (χ2v) is 2.32. The van der Waals surface area contributed by atoms with E-state index in [4.69, 9.17) is 15.6 Å². The summed E-state index contributed by atoms with van der Waals surface area (Å²) in [4.78, 5) is 28.3. The van der Waals surface area contributed by atoms with Crippen LogP contribution in [-0.4, -0.2) is 22.9 Å². The Kier molecular flexibility index (Phi) is 112. The Balaban J connectivity index is -0.0000000201. The third kappa shape index (κ3) is 116.